The van der Waals surface area contributed by atoms with E-state index in [2.05, 4.69) is 5.43 Å². The number of hydrogen-bond acceptors (Lipinski definition) is 3. The van der Waals surface area contributed by atoms with E-state index in [-0.39, 0.29) is 6.54 Å². The van der Waals surface area contributed by atoms with Crippen molar-refractivity contribution in [1.29, 1.82) is 0 Å². The minimum atomic E-state index is -3.97. The molecule has 0 unspecified atom stereocenters. The van der Waals surface area contributed by atoms with E-state index in [4.69, 9.17) is 15.6 Å². The van der Waals surface area contributed by atoms with Gasteiger partial charge in [-0.3, -0.25) is 15.8 Å². The van der Waals surface area contributed by atoms with Crippen LogP contribution in [0.25, 0.3) is 0 Å². The van der Waals surface area contributed by atoms with Gasteiger partial charge >= 0.3 is 7.60 Å². The molecule has 0 saturated heterocycles. The third-order valence-electron chi connectivity index (χ3n) is 0.535. The Balaban J connectivity index is 3.58. The Bertz CT molecular complexity index is 140. The third-order valence-corrected chi connectivity index (χ3v) is 1.13. The van der Waals surface area contributed by atoms with Crippen LogP contribution in [0.4, 0.5) is 0 Å². The molecule has 0 saturated carbocycles. The second kappa shape index (κ2) is 3.76. The highest BCUT2D eigenvalue weighted by Gasteiger charge is 2.03. The van der Waals surface area contributed by atoms with Gasteiger partial charge in [0.05, 0.1) is 0 Å². The molecular formula is C3H9N2O3P. The zero-order valence-electron chi connectivity index (χ0n) is 4.69. The summed E-state index contributed by atoms with van der Waals surface area (Å²) in [6.07, 6.45) is 1.26. The van der Waals surface area contributed by atoms with Crippen molar-refractivity contribution in [2.75, 3.05) is 6.54 Å². The van der Waals surface area contributed by atoms with E-state index in [0.717, 1.165) is 5.82 Å². The van der Waals surface area contributed by atoms with E-state index in [1.54, 1.807) is 0 Å². The van der Waals surface area contributed by atoms with Gasteiger partial charge in [0.25, 0.3) is 0 Å². The van der Waals surface area contributed by atoms with E-state index in [0.29, 0.717) is 0 Å². The maximum absolute atomic E-state index is 10.0. The Morgan fingerprint density at radius 3 is 2.56 bits per heavy atom. The normalized spacial score (nSPS) is 12.8. The predicted molar refractivity (Wildman–Crippen MR) is 33.4 cm³/mol. The molecule has 0 aromatic heterocycles. The maximum atomic E-state index is 10.0. The highest BCUT2D eigenvalue weighted by atomic mass is 31.2. The molecule has 6 heteroatoms. The van der Waals surface area contributed by atoms with E-state index in [1.165, 1.54) is 6.08 Å². The lowest BCUT2D eigenvalue weighted by Gasteiger charge is -1.92. The molecule has 5 N–H and O–H groups in total. The van der Waals surface area contributed by atoms with E-state index in [9.17, 15) is 4.57 Å². The van der Waals surface area contributed by atoms with Crippen LogP contribution in [0.1, 0.15) is 0 Å². The lowest BCUT2D eigenvalue weighted by atomic mass is 10.7. The molecule has 0 aliphatic heterocycles. The van der Waals surface area contributed by atoms with Crippen LogP contribution in [0.3, 0.4) is 0 Å². The Morgan fingerprint density at radius 1 is 1.67 bits per heavy atom. The Labute approximate surface area is 52.7 Å². The summed E-state index contributed by atoms with van der Waals surface area (Å²) < 4.78 is 10.0. The van der Waals surface area contributed by atoms with E-state index < -0.39 is 7.60 Å². The second-order valence-corrected chi connectivity index (χ2v) is 2.86. The largest absolute Gasteiger partial charge is 0.348 e. The quantitative estimate of drug-likeness (QED) is 0.240. The topological polar surface area (TPSA) is 95.6 Å². The van der Waals surface area contributed by atoms with Crippen molar-refractivity contribution in [3.63, 3.8) is 0 Å². The zero-order chi connectivity index (χ0) is 7.33. The molecule has 0 bridgehead atoms. The Kier molecular flexibility index (Phi) is 3.68. The van der Waals surface area contributed by atoms with Crippen LogP contribution in [-0.4, -0.2) is 16.3 Å². The molecule has 0 aliphatic rings. The van der Waals surface area contributed by atoms with Crippen LogP contribution in [-0.2, 0) is 4.57 Å². The minimum Gasteiger partial charge on any atom is -0.321 e. The first kappa shape index (κ1) is 8.81. The van der Waals surface area contributed by atoms with Crippen LogP contribution in [0.2, 0.25) is 0 Å². The Morgan fingerprint density at radius 2 is 2.22 bits per heavy atom. The van der Waals surface area contributed by atoms with Crippen molar-refractivity contribution in [1.82, 2.24) is 5.43 Å². The minimum absolute atomic E-state index is 0.255. The molecule has 54 valence electrons. The fraction of sp³-hybridized carbons (Fsp3) is 0.333. The number of nitrogens with two attached hydrogens (primary N) is 1. The summed E-state index contributed by atoms with van der Waals surface area (Å²) in [4.78, 5) is 16.4. The summed E-state index contributed by atoms with van der Waals surface area (Å²) in [7, 11) is -3.97. The first-order chi connectivity index (χ1) is 4.06. The molecule has 5 nitrogen and oxygen atoms in total. The van der Waals surface area contributed by atoms with Crippen molar-refractivity contribution in [3.05, 3.63) is 11.9 Å². The number of hydrogen-bond donors (Lipinski definition) is 4. The summed E-state index contributed by atoms with van der Waals surface area (Å²) in [6.45, 7) is 0.255. The molecule has 0 aliphatic carbocycles. The second-order valence-electron chi connectivity index (χ2n) is 1.38. The lowest BCUT2D eigenvalue weighted by Crippen LogP contribution is -2.21. The van der Waals surface area contributed by atoms with Crippen molar-refractivity contribution in [2.45, 2.75) is 0 Å². The van der Waals surface area contributed by atoms with Crippen molar-refractivity contribution in [3.8, 4) is 0 Å². The smallest absolute Gasteiger partial charge is 0.321 e. The van der Waals surface area contributed by atoms with Gasteiger partial charge in [-0.25, -0.2) is 0 Å². The molecule has 0 aromatic rings. The van der Waals surface area contributed by atoms with Crippen LogP contribution in [0.15, 0.2) is 11.9 Å². The highest BCUT2D eigenvalue weighted by Crippen LogP contribution is 2.35. The average Bonchev–Trinajstić information content (AvgIpc) is 1.63. The van der Waals surface area contributed by atoms with Gasteiger partial charge in [0, 0.05) is 12.4 Å². The van der Waals surface area contributed by atoms with Gasteiger partial charge < -0.3 is 9.79 Å². The van der Waals surface area contributed by atoms with Crippen molar-refractivity contribution >= 4 is 7.60 Å². The third kappa shape index (κ3) is 7.81. The molecule has 0 fully saturated rings. The van der Waals surface area contributed by atoms with Crippen molar-refractivity contribution < 1.29 is 14.4 Å². The maximum Gasteiger partial charge on any atom is 0.348 e. The first-order valence-electron chi connectivity index (χ1n) is 2.22. The summed E-state index contributed by atoms with van der Waals surface area (Å²) in [5.41, 5.74) is 2.21. The summed E-state index contributed by atoms with van der Waals surface area (Å²) >= 11 is 0. The number of rotatable bonds is 3. The van der Waals surface area contributed by atoms with Gasteiger partial charge in [0.15, 0.2) is 0 Å². The molecule has 0 heterocycles. The van der Waals surface area contributed by atoms with Gasteiger partial charge in [0.2, 0.25) is 0 Å². The average molecular weight is 152 g/mol. The molecule has 0 atom stereocenters. The SMILES string of the molecule is NNCC=CP(=O)(O)O. The predicted octanol–water partition coefficient (Wildman–Crippen LogP) is -0.859. The Hall–Kier alpha value is -0.190. The highest BCUT2D eigenvalue weighted by molar-refractivity contribution is 7.55. The fourth-order valence-electron chi connectivity index (χ4n) is 0.258. The molecule has 0 aromatic carbocycles. The number of nitrogens with one attached hydrogen (secondary N) is 1. The fourth-order valence-corrected chi connectivity index (χ4v) is 0.638. The van der Waals surface area contributed by atoms with Crippen LogP contribution < -0.4 is 11.3 Å². The molecule has 0 rings (SSSR count). The monoisotopic (exact) mass is 152 g/mol. The molecule has 0 radical (unpaired) electrons. The summed E-state index contributed by atoms with van der Waals surface area (Å²) in [5.74, 6) is 5.60. The van der Waals surface area contributed by atoms with Gasteiger partial charge in [-0.15, -0.1) is 0 Å². The van der Waals surface area contributed by atoms with Gasteiger partial charge in [-0.1, -0.05) is 6.08 Å². The van der Waals surface area contributed by atoms with Gasteiger partial charge in [-0.05, 0) is 0 Å². The van der Waals surface area contributed by atoms with E-state index >= 15 is 0 Å². The van der Waals surface area contributed by atoms with Crippen LogP contribution in [0, 0.1) is 0 Å². The summed E-state index contributed by atoms with van der Waals surface area (Å²) in [5, 5.41) is 0. The molecule has 0 spiro atoms. The van der Waals surface area contributed by atoms with Crippen LogP contribution >= 0.6 is 7.60 Å². The van der Waals surface area contributed by atoms with Gasteiger partial charge in [-0.2, -0.15) is 0 Å². The van der Waals surface area contributed by atoms with Gasteiger partial charge in [0.1, 0.15) is 0 Å². The summed E-state index contributed by atoms with van der Waals surface area (Å²) in [6, 6.07) is 0. The zero-order valence-corrected chi connectivity index (χ0v) is 5.58. The number of hydrazine groups is 1. The van der Waals surface area contributed by atoms with Crippen molar-refractivity contribution in [2.24, 2.45) is 5.84 Å². The van der Waals surface area contributed by atoms with E-state index in [1.807, 2.05) is 0 Å². The standard InChI is InChI=1S/C3H9N2O3P/c4-5-2-1-3-9(6,7)8/h1,3,5H,2,4H2,(H2,6,7,8). The van der Waals surface area contributed by atoms with Crippen LogP contribution in [0.5, 0.6) is 0 Å². The molecule has 9 heavy (non-hydrogen) atoms. The molecular weight excluding hydrogens is 143 g/mol. The lowest BCUT2D eigenvalue weighted by molar-refractivity contribution is 0.386. The first-order valence-corrected chi connectivity index (χ1v) is 3.91. The molecule has 0 amide bonds.